The number of carbonyl (C=O) groups excluding carboxylic acids is 1. The van der Waals surface area contributed by atoms with E-state index in [0.717, 1.165) is 0 Å². The number of hydrogen-bond donors (Lipinski definition) is 4. The molecule has 1 aliphatic heterocycles. The summed E-state index contributed by atoms with van der Waals surface area (Å²) in [6.45, 7) is -0.245. The topological polar surface area (TPSA) is 130 Å². The Hall–Kier alpha value is -1.51. The fourth-order valence-electron chi connectivity index (χ4n) is 1.27. The summed E-state index contributed by atoms with van der Waals surface area (Å²) in [7, 11) is 0. The largest absolute Gasteiger partial charge is 0.394 e. The summed E-state index contributed by atoms with van der Waals surface area (Å²) in [5, 5.41) is 20.9. The molecule has 3 atom stereocenters. The summed E-state index contributed by atoms with van der Waals surface area (Å²) >= 11 is 0. The van der Waals surface area contributed by atoms with Crippen LogP contribution in [-0.4, -0.2) is 54.0 Å². The number of rotatable bonds is 4. The molecule has 0 radical (unpaired) electrons. The van der Waals surface area contributed by atoms with Crippen molar-refractivity contribution in [1.29, 1.82) is 0 Å². The number of amides is 1. The van der Waals surface area contributed by atoms with Crippen molar-refractivity contribution in [2.24, 2.45) is 15.7 Å². The van der Waals surface area contributed by atoms with Crippen molar-refractivity contribution >= 4 is 18.7 Å². The molecule has 1 aliphatic rings. The third kappa shape index (κ3) is 3.57. The lowest BCUT2D eigenvalue weighted by Gasteiger charge is -2.11. The zero-order chi connectivity index (χ0) is 12.0. The van der Waals surface area contributed by atoms with E-state index in [1.165, 1.54) is 6.34 Å². The van der Waals surface area contributed by atoms with Gasteiger partial charge in [-0.25, -0.2) is 4.99 Å². The lowest BCUT2D eigenvalue weighted by Crippen LogP contribution is -2.29. The number of guanidine groups is 1. The van der Waals surface area contributed by atoms with Crippen molar-refractivity contribution in [1.82, 2.24) is 5.32 Å². The van der Waals surface area contributed by atoms with Crippen LogP contribution in [0.15, 0.2) is 9.98 Å². The van der Waals surface area contributed by atoms with Crippen LogP contribution < -0.4 is 11.1 Å². The van der Waals surface area contributed by atoms with E-state index in [1.54, 1.807) is 0 Å². The van der Waals surface area contributed by atoms with E-state index in [4.69, 9.17) is 15.6 Å². The van der Waals surface area contributed by atoms with Gasteiger partial charge in [0.05, 0.1) is 19.0 Å². The van der Waals surface area contributed by atoms with Crippen LogP contribution in [0, 0.1) is 0 Å². The van der Waals surface area contributed by atoms with Gasteiger partial charge in [-0.3, -0.25) is 4.79 Å². The maximum Gasteiger partial charge on any atom is 0.236 e. The van der Waals surface area contributed by atoms with E-state index in [-0.39, 0.29) is 19.0 Å². The second-order valence-corrected chi connectivity index (χ2v) is 3.17. The van der Waals surface area contributed by atoms with Crippen LogP contribution >= 0.6 is 0 Å². The summed E-state index contributed by atoms with van der Waals surface area (Å²) in [5.41, 5.74) is 5.20. The first-order valence-electron chi connectivity index (χ1n) is 4.67. The molecular formula is C8H14N4O4. The Bertz CT molecular complexity index is 294. The van der Waals surface area contributed by atoms with Gasteiger partial charge < -0.3 is 26.0 Å². The summed E-state index contributed by atoms with van der Waals surface area (Å²) in [6.07, 6.45) is 0.0925. The highest BCUT2D eigenvalue weighted by Crippen LogP contribution is 2.17. The van der Waals surface area contributed by atoms with E-state index in [2.05, 4.69) is 15.3 Å². The Morgan fingerprint density at radius 3 is 3.00 bits per heavy atom. The number of carbonyl (C=O) groups is 1. The second kappa shape index (κ2) is 6.16. The molecule has 1 rings (SSSR count). The van der Waals surface area contributed by atoms with Crippen molar-refractivity contribution in [2.75, 3.05) is 6.61 Å². The molecule has 0 aromatic heterocycles. The van der Waals surface area contributed by atoms with Gasteiger partial charge in [-0.15, -0.1) is 0 Å². The van der Waals surface area contributed by atoms with Crippen LogP contribution in [0.25, 0.3) is 0 Å². The average molecular weight is 230 g/mol. The average Bonchev–Trinajstić information content (AvgIpc) is 2.59. The Morgan fingerprint density at radius 2 is 2.44 bits per heavy atom. The number of nitrogens with one attached hydrogen (secondary N) is 1. The molecule has 1 saturated heterocycles. The number of aliphatic imine (C=N–C) groups is 2. The van der Waals surface area contributed by atoms with Gasteiger partial charge in [0, 0.05) is 6.42 Å². The number of nitrogens with two attached hydrogens (primary N) is 1. The Morgan fingerprint density at radius 1 is 1.69 bits per heavy atom. The molecule has 0 spiro atoms. The first-order valence-corrected chi connectivity index (χ1v) is 4.67. The van der Waals surface area contributed by atoms with Crippen LogP contribution in [-0.2, 0) is 9.53 Å². The summed E-state index contributed by atoms with van der Waals surface area (Å²) in [4.78, 5) is 16.7. The normalized spacial score (nSPS) is 30.9. The number of hydrogen-bond acceptors (Lipinski definition) is 4. The molecule has 90 valence electrons. The van der Waals surface area contributed by atoms with E-state index in [9.17, 15) is 9.90 Å². The van der Waals surface area contributed by atoms with Crippen LogP contribution in [0.3, 0.4) is 0 Å². The fraction of sp³-hybridized carbons (Fsp3) is 0.625. The maximum atomic E-state index is 9.91. The molecule has 0 saturated carbocycles. The van der Waals surface area contributed by atoms with E-state index in [0.29, 0.717) is 6.42 Å². The van der Waals surface area contributed by atoms with Crippen LogP contribution in [0.1, 0.15) is 6.42 Å². The monoisotopic (exact) mass is 230 g/mol. The van der Waals surface area contributed by atoms with E-state index >= 15 is 0 Å². The minimum Gasteiger partial charge on any atom is -0.394 e. The molecule has 0 bridgehead atoms. The molecule has 1 amide bonds. The molecule has 0 unspecified atom stereocenters. The highest BCUT2D eigenvalue weighted by molar-refractivity contribution is 5.89. The summed E-state index contributed by atoms with van der Waals surface area (Å²) in [5.74, 6) is -0.181. The number of nitrogens with zero attached hydrogens (tertiary/aromatic N) is 2. The molecule has 0 aromatic rings. The molecule has 5 N–H and O–H groups in total. The Labute approximate surface area is 91.8 Å². The van der Waals surface area contributed by atoms with Gasteiger partial charge in [0.25, 0.3) is 0 Å². The molecular weight excluding hydrogens is 216 g/mol. The first kappa shape index (κ1) is 12.6. The lowest BCUT2D eigenvalue weighted by atomic mass is 10.2. The highest BCUT2D eigenvalue weighted by Gasteiger charge is 2.32. The quantitative estimate of drug-likeness (QED) is 0.241. The zero-order valence-electron chi connectivity index (χ0n) is 8.48. The minimum atomic E-state index is -0.711. The third-order valence-corrected chi connectivity index (χ3v) is 2.05. The molecule has 0 aliphatic carbocycles. The second-order valence-electron chi connectivity index (χ2n) is 3.17. The molecule has 16 heavy (non-hydrogen) atoms. The summed E-state index contributed by atoms with van der Waals surface area (Å²) < 4.78 is 5.21. The van der Waals surface area contributed by atoms with Gasteiger partial charge in [-0.1, -0.05) is 0 Å². The molecule has 8 heteroatoms. The molecule has 8 nitrogen and oxygen atoms in total. The molecule has 1 heterocycles. The Kier molecular flexibility index (Phi) is 4.83. The van der Waals surface area contributed by atoms with Crippen LogP contribution in [0.2, 0.25) is 0 Å². The predicted molar refractivity (Wildman–Crippen MR) is 55.7 cm³/mol. The Balaban J connectivity index is 2.35. The first-order chi connectivity index (χ1) is 7.67. The van der Waals surface area contributed by atoms with Gasteiger partial charge in [-0.05, 0) is 0 Å². The van der Waals surface area contributed by atoms with E-state index in [1.807, 2.05) is 0 Å². The van der Waals surface area contributed by atoms with Crippen molar-refractivity contribution in [2.45, 2.75) is 24.9 Å². The van der Waals surface area contributed by atoms with Gasteiger partial charge in [0.2, 0.25) is 12.4 Å². The molecule has 0 aromatic carbocycles. The van der Waals surface area contributed by atoms with Gasteiger partial charge >= 0.3 is 0 Å². The van der Waals surface area contributed by atoms with Crippen molar-refractivity contribution in [3.63, 3.8) is 0 Å². The van der Waals surface area contributed by atoms with E-state index < -0.39 is 18.4 Å². The molecule has 1 fully saturated rings. The van der Waals surface area contributed by atoms with Gasteiger partial charge in [-0.2, -0.15) is 4.99 Å². The van der Waals surface area contributed by atoms with Gasteiger partial charge in [0.1, 0.15) is 12.3 Å². The third-order valence-electron chi connectivity index (χ3n) is 2.05. The lowest BCUT2D eigenvalue weighted by molar-refractivity contribution is -0.106. The summed E-state index contributed by atoms with van der Waals surface area (Å²) in [6, 6.07) is 0. The maximum absolute atomic E-state index is 9.91. The SMILES string of the molecule is NC(/N=C\N[C@@H]1C[C@H](O)[C@@H](CO)O1)=N/C=O. The van der Waals surface area contributed by atoms with Crippen LogP contribution in [0.5, 0.6) is 0 Å². The van der Waals surface area contributed by atoms with Crippen molar-refractivity contribution in [3.05, 3.63) is 0 Å². The standard InChI is InChI=1S/C8H14N4O4/c9-8(12-4-14)11-3-10-7-1-5(15)6(2-13)16-7/h3-7,13,15H,1-2H2,(H3,9,10,11,12,14)/t5-,6+,7-/m0/s1. The number of aliphatic hydroxyl groups is 2. The number of ether oxygens (including phenoxy) is 1. The number of aliphatic hydroxyl groups excluding tert-OH is 2. The van der Waals surface area contributed by atoms with Gasteiger partial charge in [0.15, 0.2) is 0 Å². The van der Waals surface area contributed by atoms with Crippen molar-refractivity contribution in [3.8, 4) is 0 Å². The van der Waals surface area contributed by atoms with Crippen molar-refractivity contribution < 1.29 is 19.7 Å². The smallest absolute Gasteiger partial charge is 0.236 e. The minimum absolute atomic E-state index is 0.181. The fourth-order valence-corrected chi connectivity index (χ4v) is 1.27. The predicted octanol–water partition coefficient (Wildman–Crippen LogP) is -2.46. The van der Waals surface area contributed by atoms with Crippen LogP contribution in [0.4, 0.5) is 0 Å². The highest BCUT2D eigenvalue weighted by atomic mass is 16.5. The zero-order valence-corrected chi connectivity index (χ0v) is 8.48.